The third-order valence-electron chi connectivity index (χ3n) is 4.90. The first-order valence-electron chi connectivity index (χ1n) is 9.71. The minimum absolute atomic E-state index is 0.0187. The summed E-state index contributed by atoms with van der Waals surface area (Å²) >= 11 is 6.18. The van der Waals surface area contributed by atoms with Crippen LogP contribution in [0, 0.1) is 13.8 Å². The Morgan fingerprint density at radius 2 is 1.58 bits per heavy atom. The van der Waals surface area contributed by atoms with Gasteiger partial charge >= 0.3 is 6.18 Å². The number of nitrogens with one attached hydrogen (secondary N) is 1. The van der Waals surface area contributed by atoms with Crippen LogP contribution in [0.25, 0.3) is 0 Å². The number of nitrogens with zero attached hydrogens (tertiary/aromatic N) is 1. The monoisotopic (exact) mass is 496 g/mol. The Morgan fingerprint density at radius 1 is 0.970 bits per heavy atom. The van der Waals surface area contributed by atoms with Crippen molar-refractivity contribution in [3.05, 3.63) is 88.4 Å². The molecule has 0 atom stereocenters. The fraction of sp³-hybridized carbons (Fsp3) is 0.174. The first-order valence-corrected chi connectivity index (χ1v) is 11.5. The summed E-state index contributed by atoms with van der Waals surface area (Å²) in [4.78, 5) is 12.7. The van der Waals surface area contributed by atoms with Gasteiger partial charge in [-0.2, -0.15) is 13.2 Å². The number of anilines is 2. The highest BCUT2D eigenvalue weighted by molar-refractivity contribution is 7.92. The molecule has 0 unspecified atom stereocenters. The Hall–Kier alpha value is -3.04. The highest BCUT2D eigenvalue weighted by atomic mass is 35.5. The fourth-order valence-electron chi connectivity index (χ4n) is 3.08. The zero-order chi connectivity index (χ0) is 24.4. The summed E-state index contributed by atoms with van der Waals surface area (Å²) in [6, 6.07) is 14.7. The summed E-state index contributed by atoms with van der Waals surface area (Å²) in [5, 5.41) is 2.76. The maximum Gasteiger partial charge on any atom is 0.416 e. The molecule has 1 N–H and O–H groups in total. The Morgan fingerprint density at radius 3 is 2.15 bits per heavy atom. The third kappa shape index (κ3) is 5.66. The zero-order valence-electron chi connectivity index (χ0n) is 17.7. The third-order valence-corrected chi connectivity index (χ3v) is 7.08. The standard InChI is InChI=1S/C23H20ClF3N2O3S/c1-15-6-12-19(13-7-15)33(31,32)29(21-5-3-4-20(24)16(21)2)14-22(30)28-18-10-8-17(9-11-18)23(25,26)27/h3-13H,14H2,1-2H3,(H,28,30). The van der Waals surface area contributed by atoms with Crippen LogP contribution in [0.3, 0.4) is 0 Å². The average molecular weight is 497 g/mol. The molecule has 3 rings (SSSR count). The van der Waals surface area contributed by atoms with Gasteiger partial charge in [0.15, 0.2) is 0 Å². The maximum absolute atomic E-state index is 13.4. The minimum atomic E-state index is -4.51. The molecule has 0 aromatic heterocycles. The van der Waals surface area contributed by atoms with Crippen molar-refractivity contribution in [2.75, 3.05) is 16.2 Å². The van der Waals surface area contributed by atoms with Gasteiger partial charge in [-0.25, -0.2) is 8.42 Å². The van der Waals surface area contributed by atoms with Gasteiger partial charge in [0.25, 0.3) is 10.0 Å². The molecule has 174 valence electrons. The lowest BCUT2D eigenvalue weighted by atomic mass is 10.2. The van der Waals surface area contributed by atoms with E-state index in [-0.39, 0.29) is 16.3 Å². The van der Waals surface area contributed by atoms with Crippen molar-refractivity contribution in [1.82, 2.24) is 0 Å². The van der Waals surface area contributed by atoms with Gasteiger partial charge in [0.1, 0.15) is 6.54 Å². The van der Waals surface area contributed by atoms with Gasteiger partial charge in [0.05, 0.1) is 16.1 Å². The molecule has 0 saturated carbocycles. The quantitative estimate of drug-likeness (QED) is 0.468. The van der Waals surface area contributed by atoms with Crippen LogP contribution in [0.5, 0.6) is 0 Å². The van der Waals surface area contributed by atoms with E-state index in [9.17, 15) is 26.4 Å². The number of rotatable bonds is 6. The van der Waals surface area contributed by atoms with Crippen LogP contribution in [0.4, 0.5) is 24.5 Å². The van der Waals surface area contributed by atoms with E-state index in [0.29, 0.717) is 10.6 Å². The number of alkyl halides is 3. The molecular weight excluding hydrogens is 477 g/mol. The molecule has 0 aliphatic rings. The fourth-order valence-corrected chi connectivity index (χ4v) is 4.72. The summed E-state index contributed by atoms with van der Waals surface area (Å²) in [6.45, 7) is 2.83. The first kappa shape index (κ1) is 24.6. The second-order valence-electron chi connectivity index (χ2n) is 7.33. The molecule has 0 aliphatic carbocycles. The normalized spacial score (nSPS) is 11.8. The molecule has 0 bridgehead atoms. The summed E-state index contributed by atoms with van der Waals surface area (Å²) in [7, 11) is -4.16. The number of carbonyl (C=O) groups excluding carboxylic acids is 1. The van der Waals surface area contributed by atoms with Gasteiger partial charge in [0.2, 0.25) is 5.91 Å². The number of benzene rings is 3. The summed E-state index contributed by atoms with van der Waals surface area (Å²) in [5.41, 5.74) is 0.768. The van der Waals surface area contributed by atoms with Gasteiger partial charge in [-0.15, -0.1) is 0 Å². The van der Waals surface area contributed by atoms with E-state index in [4.69, 9.17) is 11.6 Å². The lowest BCUT2D eigenvalue weighted by molar-refractivity contribution is -0.137. The van der Waals surface area contributed by atoms with Gasteiger partial charge in [-0.1, -0.05) is 35.4 Å². The molecule has 3 aromatic carbocycles. The summed E-state index contributed by atoms with van der Waals surface area (Å²) in [5.74, 6) is -0.732. The molecule has 3 aromatic rings. The number of sulfonamides is 1. The lowest BCUT2D eigenvalue weighted by Crippen LogP contribution is -2.38. The van der Waals surface area contributed by atoms with E-state index < -0.39 is 34.2 Å². The minimum Gasteiger partial charge on any atom is -0.325 e. The van der Waals surface area contributed by atoms with E-state index in [2.05, 4.69) is 5.32 Å². The zero-order valence-corrected chi connectivity index (χ0v) is 19.2. The first-order chi connectivity index (χ1) is 15.4. The lowest BCUT2D eigenvalue weighted by Gasteiger charge is -2.26. The number of amides is 1. The molecular formula is C23H20ClF3N2O3S. The van der Waals surface area contributed by atoms with E-state index in [1.54, 1.807) is 31.2 Å². The van der Waals surface area contributed by atoms with Crippen LogP contribution in [0.15, 0.2) is 71.6 Å². The number of halogens is 4. The van der Waals surface area contributed by atoms with Crippen LogP contribution in [-0.2, 0) is 21.0 Å². The number of carbonyl (C=O) groups is 1. The molecule has 0 radical (unpaired) electrons. The Kier molecular flexibility index (Phi) is 7.04. The van der Waals surface area contributed by atoms with Gasteiger partial charge in [-0.05, 0) is 67.9 Å². The van der Waals surface area contributed by atoms with E-state index in [1.807, 2.05) is 6.92 Å². The predicted octanol–water partition coefficient (Wildman–Crippen LogP) is 5.81. The largest absolute Gasteiger partial charge is 0.416 e. The highest BCUT2D eigenvalue weighted by Gasteiger charge is 2.31. The van der Waals surface area contributed by atoms with E-state index in [1.165, 1.54) is 18.2 Å². The van der Waals surface area contributed by atoms with E-state index >= 15 is 0 Å². The predicted molar refractivity (Wildman–Crippen MR) is 122 cm³/mol. The SMILES string of the molecule is Cc1ccc(S(=O)(=O)N(CC(=O)Nc2ccc(C(F)(F)F)cc2)c2cccc(Cl)c2C)cc1. The smallest absolute Gasteiger partial charge is 0.325 e. The van der Waals surface area contributed by atoms with Crippen LogP contribution >= 0.6 is 11.6 Å². The van der Waals surface area contributed by atoms with Crippen LogP contribution in [0.1, 0.15) is 16.7 Å². The number of aryl methyl sites for hydroxylation is 1. The molecule has 0 saturated heterocycles. The Balaban J connectivity index is 1.94. The second kappa shape index (κ2) is 9.44. The van der Waals surface area contributed by atoms with Crippen molar-refractivity contribution in [3.8, 4) is 0 Å². The molecule has 5 nitrogen and oxygen atoms in total. The Labute approximate surface area is 194 Å². The molecule has 0 spiro atoms. The second-order valence-corrected chi connectivity index (χ2v) is 9.60. The van der Waals surface area contributed by atoms with Crippen LogP contribution < -0.4 is 9.62 Å². The highest BCUT2D eigenvalue weighted by Crippen LogP contribution is 2.32. The van der Waals surface area contributed by atoms with Gasteiger partial charge < -0.3 is 5.32 Å². The molecule has 10 heteroatoms. The van der Waals surface area contributed by atoms with Crippen molar-refractivity contribution in [1.29, 1.82) is 0 Å². The van der Waals surface area contributed by atoms with Crippen molar-refractivity contribution in [2.45, 2.75) is 24.9 Å². The maximum atomic E-state index is 13.4. The number of hydrogen-bond acceptors (Lipinski definition) is 3. The summed E-state index contributed by atoms with van der Waals surface area (Å²) < 4.78 is 66.1. The molecule has 0 heterocycles. The van der Waals surface area contributed by atoms with Crippen LogP contribution in [-0.4, -0.2) is 20.9 Å². The van der Waals surface area contributed by atoms with Crippen molar-refractivity contribution in [2.24, 2.45) is 0 Å². The topological polar surface area (TPSA) is 66.5 Å². The van der Waals surface area contributed by atoms with Gasteiger partial charge in [0, 0.05) is 10.7 Å². The van der Waals surface area contributed by atoms with Crippen molar-refractivity contribution < 1.29 is 26.4 Å². The number of hydrogen-bond donors (Lipinski definition) is 1. The molecule has 0 aliphatic heterocycles. The molecule has 0 fully saturated rings. The van der Waals surface area contributed by atoms with Crippen LogP contribution in [0.2, 0.25) is 5.02 Å². The Bertz CT molecular complexity index is 1260. The average Bonchev–Trinajstić information content (AvgIpc) is 2.74. The van der Waals surface area contributed by atoms with Crippen molar-refractivity contribution in [3.63, 3.8) is 0 Å². The van der Waals surface area contributed by atoms with E-state index in [0.717, 1.165) is 34.1 Å². The molecule has 1 amide bonds. The van der Waals surface area contributed by atoms with Crippen molar-refractivity contribution >= 4 is 38.9 Å². The molecule has 33 heavy (non-hydrogen) atoms. The summed E-state index contributed by atoms with van der Waals surface area (Å²) in [6.07, 6.45) is -4.51. The van der Waals surface area contributed by atoms with Gasteiger partial charge in [-0.3, -0.25) is 9.10 Å².